The first-order valence-corrected chi connectivity index (χ1v) is 19.1. The summed E-state index contributed by atoms with van der Waals surface area (Å²) in [5.41, 5.74) is 10.3. The number of fused-ring (bicyclic) bond motifs is 5. The predicted molar refractivity (Wildman–Crippen MR) is 168 cm³/mol. The molecule has 8 heteroatoms. The Labute approximate surface area is 247 Å². The molecule has 0 heterocycles. The molecular weight excluding hydrogens is 613 g/mol. The highest BCUT2D eigenvalue weighted by Crippen LogP contribution is 2.66. The number of halogens is 1. The van der Waals surface area contributed by atoms with Crippen molar-refractivity contribution in [3.63, 3.8) is 0 Å². The van der Waals surface area contributed by atoms with Gasteiger partial charge in [-0.3, -0.25) is 0 Å². The molecule has 0 amide bonds. The van der Waals surface area contributed by atoms with Crippen LogP contribution in [0, 0.1) is 40.4 Å². The van der Waals surface area contributed by atoms with Crippen LogP contribution in [0.15, 0.2) is 16.2 Å². The average Bonchev–Trinajstić information content (AvgIpc) is 3.21. The van der Waals surface area contributed by atoms with Crippen molar-refractivity contribution in [3.05, 3.63) is 22.1 Å². The molecule has 0 saturated heterocycles. The highest BCUT2D eigenvalue weighted by molar-refractivity contribution is 14.2. The summed E-state index contributed by atoms with van der Waals surface area (Å²) in [7, 11) is 1.41. The van der Waals surface area contributed by atoms with Crippen LogP contribution < -0.4 is 0 Å². The molecule has 7 unspecified atom stereocenters. The Kier molecular flexibility index (Phi) is 13.3. The minimum atomic E-state index is 0.407. The van der Waals surface area contributed by atoms with Crippen molar-refractivity contribution < 1.29 is 8.92 Å². The molecule has 0 N–H and O–H groups in total. The Balaban J connectivity index is 0.000000695. The second-order valence-corrected chi connectivity index (χ2v) is 14.7. The van der Waals surface area contributed by atoms with E-state index in [1.54, 1.807) is 11.8 Å². The van der Waals surface area contributed by atoms with Gasteiger partial charge in [-0.05, 0) is 115 Å². The van der Waals surface area contributed by atoms with E-state index in [1.807, 2.05) is 0 Å². The molecule has 0 aromatic carbocycles. The number of ether oxygens (including phenoxy) is 1. The van der Waals surface area contributed by atoms with Crippen molar-refractivity contribution in [3.8, 4) is 0 Å². The molecule has 4 rings (SSSR count). The highest BCUT2D eigenvalue weighted by atomic mass is 127. The van der Waals surface area contributed by atoms with Crippen molar-refractivity contribution >= 4 is 42.4 Å². The van der Waals surface area contributed by atoms with E-state index in [0.717, 1.165) is 54.6 Å². The van der Waals surface area contributed by atoms with Crippen LogP contribution in [0.2, 0.25) is 0 Å². The Morgan fingerprint density at radius 2 is 1.95 bits per heavy atom. The smallest absolute Gasteiger partial charge is 0.0857 e. The second kappa shape index (κ2) is 15.4. The van der Waals surface area contributed by atoms with Gasteiger partial charge in [0.15, 0.2) is 0 Å². The summed E-state index contributed by atoms with van der Waals surface area (Å²) in [6.07, 6.45) is 21.7. The third kappa shape index (κ3) is 8.00. The standard InChI is InChI=1S/C28H47IO2S.CH3N3S/c1-20(2)7-5-6-8-21-10-12-25-24-11-9-22-19-23(30-17-18-31-32-29)13-15-28(22,4)26(24)14-16-27(21,25)3;1-5-4-3-2/h9,20-21,23-26H,5-8,10-19H2,1-4H3;1H3. The first kappa shape index (κ1) is 31.9. The summed E-state index contributed by atoms with van der Waals surface area (Å²) < 4.78 is 14.6. The summed E-state index contributed by atoms with van der Waals surface area (Å²) in [4.78, 5) is 2.44. The first-order chi connectivity index (χ1) is 17.8. The zero-order valence-electron chi connectivity index (χ0n) is 23.8. The van der Waals surface area contributed by atoms with Crippen LogP contribution in [0.5, 0.6) is 0 Å². The number of rotatable bonds is 11. The Bertz CT molecular complexity index is 793. The summed E-state index contributed by atoms with van der Waals surface area (Å²) in [5, 5.41) is 0. The molecule has 3 saturated carbocycles. The van der Waals surface area contributed by atoms with Crippen LogP contribution in [0.1, 0.15) is 105 Å². The van der Waals surface area contributed by atoms with Crippen LogP contribution >= 0.6 is 42.4 Å². The van der Waals surface area contributed by atoms with Crippen molar-refractivity contribution in [1.29, 1.82) is 0 Å². The zero-order valence-corrected chi connectivity index (χ0v) is 27.6. The lowest BCUT2D eigenvalue weighted by atomic mass is 9.47. The molecule has 212 valence electrons. The molecule has 0 bridgehead atoms. The molecule has 5 nitrogen and oxygen atoms in total. The van der Waals surface area contributed by atoms with E-state index in [1.165, 1.54) is 79.8 Å². The molecule has 0 spiro atoms. The molecular formula is C29H50IN3O2S2. The quantitative estimate of drug-likeness (QED) is 0.0322. The van der Waals surface area contributed by atoms with Gasteiger partial charge in [-0.25, -0.2) is 0 Å². The van der Waals surface area contributed by atoms with E-state index in [2.05, 4.69) is 64.4 Å². The SMILES string of the molecule is CC(C)CCCCC1CCC2C3CC=C4CC(OCCOSI)CCC4(C)C3CCC12C.CSN=[N+]=[N-]. The maximum absolute atomic E-state index is 7.50. The van der Waals surface area contributed by atoms with Crippen LogP contribution in [0.3, 0.4) is 0 Å². The van der Waals surface area contributed by atoms with Gasteiger partial charge in [-0.15, -0.1) is 0 Å². The van der Waals surface area contributed by atoms with E-state index in [-0.39, 0.29) is 0 Å². The Morgan fingerprint density at radius 1 is 1.14 bits per heavy atom. The van der Waals surface area contributed by atoms with E-state index < -0.39 is 0 Å². The number of azide groups is 1. The minimum Gasteiger partial charge on any atom is -0.375 e. The van der Waals surface area contributed by atoms with Gasteiger partial charge in [-0.1, -0.05) is 70.6 Å². The molecule has 0 aromatic heterocycles. The van der Waals surface area contributed by atoms with Gasteiger partial charge in [0.05, 0.1) is 28.5 Å². The maximum atomic E-state index is 7.50. The van der Waals surface area contributed by atoms with Crippen LogP contribution in [-0.4, -0.2) is 25.6 Å². The van der Waals surface area contributed by atoms with Crippen molar-refractivity contribution in [1.82, 2.24) is 0 Å². The van der Waals surface area contributed by atoms with Gasteiger partial charge in [0.1, 0.15) is 0 Å². The first-order valence-electron chi connectivity index (χ1n) is 14.6. The topological polar surface area (TPSA) is 67.2 Å². The summed E-state index contributed by atoms with van der Waals surface area (Å²) >= 11 is 3.29. The van der Waals surface area contributed by atoms with E-state index in [4.69, 9.17) is 14.5 Å². The minimum absolute atomic E-state index is 0.407. The maximum Gasteiger partial charge on any atom is 0.0857 e. The number of unbranched alkanes of at least 4 members (excludes halogenated alkanes) is 1. The molecule has 4 aliphatic carbocycles. The molecule has 3 fully saturated rings. The lowest BCUT2D eigenvalue weighted by Crippen LogP contribution is -2.50. The zero-order chi connectivity index (χ0) is 26.9. The van der Waals surface area contributed by atoms with Crippen molar-refractivity contribution in [2.45, 2.75) is 111 Å². The monoisotopic (exact) mass is 663 g/mol. The van der Waals surface area contributed by atoms with Crippen LogP contribution in [0.25, 0.3) is 10.4 Å². The van der Waals surface area contributed by atoms with Gasteiger partial charge in [0.25, 0.3) is 0 Å². The summed E-state index contributed by atoms with van der Waals surface area (Å²) in [5.74, 6) is 4.69. The molecule has 37 heavy (non-hydrogen) atoms. The molecule has 0 aliphatic heterocycles. The molecule has 0 aromatic rings. The summed E-state index contributed by atoms with van der Waals surface area (Å²) in [6, 6.07) is 0. The van der Waals surface area contributed by atoms with Gasteiger partial charge in [0, 0.05) is 26.1 Å². The molecule has 7 atom stereocenters. The largest absolute Gasteiger partial charge is 0.375 e. The normalized spacial score (nSPS) is 36.4. The highest BCUT2D eigenvalue weighted by Gasteiger charge is 2.58. The molecule has 0 radical (unpaired) electrons. The van der Waals surface area contributed by atoms with E-state index in [0.29, 0.717) is 23.5 Å². The van der Waals surface area contributed by atoms with Crippen LogP contribution in [-0.2, 0) is 8.92 Å². The Morgan fingerprint density at radius 3 is 2.62 bits per heavy atom. The third-order valence-electron chi connectivity index (χ3n) is 10.5. The fourth-order valence-corrected chi connectivity index (χ4v) is 9.36. The fourth-order valence-electron chi connectivity index (χ4n) is 8.61. The van der Waals surface area contributed by atoms with Gasteiger partial charge in [0.2, 0.25) is 0 Å². The number of nitrogens with zero attached hydrogens (tertiary/aromatic N) is 3. The van der Waals surface area contributed by atoms with E-state index in [9.17, 15) is 0 Å². The van der Waals surface area contributed by atoms with Gasteiger partial charge < -0.3 is 8.92 Å². The van der Waals surface area contributed by atoms with Crippen molar-refractivity contribution in [2.24, 2.45) is 44.9 Å². The third-order valence-corrected chi connectivity index (χ3v) is 11.8. The lowest BCUT2D eigenvalue weighted by molar-refractivity contribution is -0.0601. The number of allylic oxidation sites excluding steroid dienone is 1. The van der Waals surface area contributed by atoms with Crippen molar-refractivity contribution in [2.75, 3.05) is 19.5 Å². The number of hydrogen-bond donors (Lipinski definition) is 0. The van der Waals surface area contributed by atoms with Gasteiger partial charge in [-0.2, -0.15) is 0 Å². The average molecular weight is 664 g/mol. The number of hydrogen-bond acceptors (Lipinski definition) is 5. The van der Waals surface area contributed by atoms with E-state index >= 15 is 0 Å². The van der Waals surface area contributed by atoms with Gasteiger partial charge >= 0.3 is 0 Å². The second-order valence-electron chi connectivity index (χ2n) is 12.7. The molecule has 4 aliphatic rings. The Hall–Kier alpha value is 0.400. The summed E-state index contributed by atoms with van der Waals surface area (Å²) in [6.45, 7) is 11.5. The lowest BCUT2D eigenvalue weighted by Gasteiger charge is -2.58. The predicted octanol–water partition coefficient (Wildman–Crippen LogP) is 10.8. The van der Waals surface area contributed by atoms with Crippen LogP contribution in [0.4, 0.5) is 0 Å². The fraction of sp³-hybridized carbons (Fsp3) is 0.931.